The molecule has 2 heterocycles. The minimum absolute atomic E-state index is 0.362. The molecular formula is C8H5FN2O2. The van der Waals surface area contributed by atoms with E-state index in [1.807, 2.05) is 0 Å². The van der Waals surface area contributed by atoms with E-state index >= 15 is 0 Å². The number of aromatic carboxylic acids is 1. The maximum atomic E-state index is 13.0. The lowest BCUT2D eigenvalue weighted by Gasteiger charge is -1.98. The number of halogens is 1. The van der Waals surface area contributed by atoms with Gasteiger partial charge in [0.15, 0.2) is 5.82 Å². The summed E-state index contributed by atoms with van der Waals surface area (Å²) in [6, 6.07) is 1.19. The number of pyridine rings is 1. The van der Waals surface area contributed by atoms with Crippen LogP contribution >= 0.6 is 0 Å². The Kier molecular flexibility index (Phi) is 1.51. The predicted molar refractivity (Wildman–Crippen MR) is 42.1 cm³/mol. The molecule has 0 unspecified atom stereocenters. The number of carboxylic acids is 1. The fraction of sp³-hybridized carbons (Fsp3) is 0. The second-order valence-corrected chi connectivity index (χ2v) is 2.53. The third kappa shape index (κ3) is 1.14. The Hall–Kier alpha value is -1.91. The normalized spacial score (nSPS) is 10.5. The van der Waals surface area contributed by atoms with Crippen molar-refractivity contribution in [1.29, 1.82) is 0 Å². The molecule has 0 radical (unpaired) electrons. The van der Waals surface area contributed by atoms with Gasteiger partial charge in [0.2, 0.25) is 0 Å². The number of aromatic nitrogens is 2. The Morgan fingerprint density at radius 2 is 2.38 bits per heavy atom. The van der Waals surface area contributed by atoms with Gasteiger partial charge in [-0.05, 0) is 6.07 Å². The predicted octanol–water partition coefficient (Wildman–Crippen LogP) is 1.17. The van der Waals surface area contributed by atoms with Gasteiger partial charge in [0, 0.05) is 18.6 Å². The van der Waals surface area contributed by atoms with Crippen LogP contribution < -0.4 is 0 Å². The van der Waals surface area contributed by atoms with Crippen LogP contribution in [0.15, 0.2) is 24.7 Å². The molecule has 0 bridgehead atoms. The monoisotopic (exact) mass is 180 g/mol. The molecule has 0 aliphatic heterocycles. The molecule has 0 amide bonds. The standard InChI is InChI=1S/C8H5FN2O2/c9-6-4-11-2-1-10-7(11)3-5(6)8(12)13/h1-4H,(H,12,13). The van der Waals surface area contributed by atoms with E-state index < -0.39 is 11.8 Å². The molecule has 0 aromatic carbocycles. The second-order valence-electron chi connectivity index (χ2n) is 2.53. The van der Waals surface area contributed by atoms with Crippen LogP contribution in [0.3, 0.4) is 0 Å². The minimum atomic E-state index is -1.29. The van der Waals surface area contributed by atoms with Crippen LogP contribution in [0.4, 0.5) is 4.39 Å². The first-order valence-corrected chi connectivity index (χ1v) is 3.54. The molecule has 2 rings (SSSR count). The van der Waals surface area contributed by atoms with Crippen LogP contribution in [0.1, 0.15) is 10.4 Å². The number of imidazole rings is 1. The van der Waals surface area contributed by atoms with Crippen LogP contribution in [0.25, 0.3) is 5.65 Å². The van der Waals surface area contributed by atoms with Crippen molar-refractivity contribution in [1.82, 2.24) is 9.38 Å². The lowest BCUT2D eigenvalue weighted by atomic mass is 10.2. The Balaban J connectivity index is 2.76. The number of hydrogen-bond donors (Lipinski definition) is 1. The SMILES string of the molecule is O=C(O)c1cc2nccn2cc1F. The molecule has 0 aliphatic rings. The Bertz CT molecular complexity index is 478. The van der Waals surface area contributed by atoms with Crippen LogP contribution in [0.2, 0.25) is 0 Å². The molecule has 0 atom stereocenters. The largest absolute Gasteiger partial charge is 0.478 e. The van der Waals surface area contributed by atoms with Crippen molar-refractivity contribution in [3.05, 3.63) is 36.0 Å². The summed E-state index contributed by atoms with van der Waals surface area (Å²) in [5, 5.41) is 8.59. The van der Waals surface area contributed by atoms with E-state index in [1.54, 1.807) is 6.20 Å². The zero-order chi connectivity index (χ0) is 9.42. The summed E-state index contributed by atoms with van der Waals surface area (Å²) in [4.78, 5) is 14.3. The van der Waals surface area contributed by atoms with Crippen molar-refractivity contribution in [2.45, 2.75) is 0 Å². The zero-order valence-corrected chi connectivity index (χ0v) is 6.44. The van der Waals surface area contributed by atoms with Gasteiger partial charge in [-0.15, -0.1) is 0 Å². The van der Waals surface area contributed by atoms with Gasteiger partial charge < -0.3 is 9.51 Å². The second kappa shape index (κ2) is 2.55. The summed E-state index contributed by atoms with van der Waals surface area (Å²) >= 11 is 0. The zero-order valence-electron chi connectivity index (χ0n) is 6.44. The van der Waals surface area contributed by atoms with Gasteiger partial charge in [-0.1, -0.05) is 0 Å². The van der Waals surface area contributed by atoms with E-state index in [0.29, 0.717) is 5.65 Å². The van der Waals surface area contributed by atoms with E-state index in [2.05, 4.69) is 4.98 Å². The lowest BCUT2D eigenvalue weighted by molar-refractivity contribution is 0.0692. The van der Waals surface area contributed by atoms with E-state index in [1.165, 1.54) is 16.7 Å². The molecule has 0 spiro atoms. The average Bonchev–Trinajstić information content (AvgIpc) is 2.48. The van der Waals surface area contributed by atoms with Crippen LogP contribution in [-0.4, -0.2) is 20.5 Å². The topological polar surface area (TPSA) is 54.6 Å². The first-order chi connectivity index (χ1) is 6.18. The Morgan fingerprint density at radius 1 is 1.62 bits per heavy atom. The molecule has 13 heavy (non-hydrogen) atoms. The first-order valence-electron chi connectivity index (χ1n) is 3.54. The molecule has 66 valence electrons. The molecule has 0 fully saturated rings. The summed E-state index contributed by atoms with van der Waals surface area (Å²) in [7, 11) is 0. The van der Waals surface area contributed by atoms with E-state index in [4.69, 9.17) is 5.11 Å². The fourth-order valence-corrected chi connectivity index (χ4v) is 1.10. The number of rotatable bonds is 1. The first kappa shape index (κ1) is 7.72. The third-order valence-corrected chi connectivity index (χ3v) is 1.71. The fourth-order valence-electron chi connectivity index (χ4n) is 1.10. The Labute approximate surface area is 72.3 Å². The maximum absolute atomic E-state index is 13.0. The van der Waals surface area contributed by atoms with E-state index in [0.717, 1.165) is 6.20 Å². The number of carboxylic acid groups (broad SMARTS) is 1. The highest BCUT2D eigenvalue weighted by atomic mass is 19.1. The molecular weight excluding hydrogens is 175 g/mol. The smallest absolute Gasteiger partial charge is 0.338 e. The molecule has 1 N–H and O–H groups in total. The molecule has 5 heteroatoms. The summed E-state index contributed by atoms with van der Waals surface area (Å²) in [6.45, 7) is 0. The molecule has 0 saturated carbocycles. The van der Waals surface area contributed by atoms with E-state index in [-0.39, 0.29) is 5.56 Å². The van der Waals surface area contributed by atoms with E-state index in [9.17, 15) is 9.18 Å². The summed E-state index contributed by atoms with van der Waals surface area (Å²) in [5.74, 6) is -2.05. The van der Waals surface area contributed by atoms with Crippen molar-refractivity contribution < 1.29 is 14.3 Å². The van der Waals surface area contributed by atoms with Crippen LogP contribution in [0.5, 0.6) is 0 Å². The van der Waals surface area contributed by atoms with Gasteiger partial charge in [0.05, 0.1) is 0 Å². The van der Waals surface area contributed by atoms with Gasteiger partial charge in [-0.3, -0.25) is 0 Å². The van der Waals surface area contributed by atoms with Gasteiger partial charge in [-0.2, -0.15) is 0 Å². The lowest BCUT2D eigenvalue weighted by Crippen LogP contribution is -2.02. The van der Waals surface area contributed by atoms with Crippen molar-refractivity contribution in [3.63, 3.8) is 0 Å². The highest BCUT2D eigenvalue weighted by Gasteiger charge is 2.11. The van der Waals surface area contributed by atoms with Crippen molar-refractivity contribution in [2.75, 3.05) is 0 Å². The molecule has 4 nitrogen and oxygen atoms in total. The highest BCUT2D eigenvalue weighted by molar-refractivity contribution is 5.88. The number of carbonyl (C=O) groups is 1. The Morgan fingerprint density at radius 3 is 3.08 bits per heavy atom. The molecule has 0 saturated heterocycles. The number of fused-ring (bicyclic) bond motifs is 1. The summed E-state index contributed by atoms with van der Waals surface area (Å²) in [5.41, 5.74) is 0.0532. The van der Waals surface area contributed by atoms with Gasteiger partial charge >= 0.3 is 5.97 Å². The van der Waals surface area contributed by atoms with Crippen molar-refractivity contribution in [3.8, 4) is 0 Å². The third-order valence-electron chi connectivity index (χ3n) is 1.71. The van der Waals surface area contributed by atoms with Gasteiger partial charge in [0.25, 0.3) is 0 Å². The number of nitrogens with zero attached hydrogens (tertiary/aromatic N) is 2. The quantitative estimate of drug-likeness (QED) is 0.716. The maximum Gasteiger partial charge on any atom is 0.338 e. The molecule has 2 aromatic heterocycles. The average molecular weight is 180 g/mol. The summed E-state index contributed by atoms with van der Waals surface area (Å²) in [6.07, 6.45) is 4.11. The summed E-state index contributed by atoms with van der Waals surface area (Å²) < 4.78 is 14.4. The highest BCUT2D eigenvalue weighted by Crippen LogP contribution is 2.10. The van der Waals surface area contributed by atoms with Crippen molar-refractivity contribution >= 4 is 11.6 Å². The molecule has 0 aliphatic carbocycles. The van der Waals surface area contributed by atoms with Crippen LogP contribution in [-0.2, 0) is 0 Å². The van der Waals surface area contributed by atoms with Crippen LogP contribution in [0, 0.1) is 5.82 Å². The number of hydrogen-bond acceptors (Lipinski definition) is 2. The minimum Gasteiger partial charge on any atom is -0.478 e. The van der Waals surface area contributed by atoms with Gasteiger partial charge in [-0.25, -0.2) is 14.2 Å². The molecule has 2 aromatic rings. The van der Waals surface area contributed by atoms with Gasteiger partial charge in [0.1, 0.15) is 11.2 Å². The van der Waals surface area contributed by atoms with Crippen molar-refractivity contribution in [2.24, 2.45) is 0 Å².